The van der Waals surface area contributed by atoms with E-state index in [0.717, 1.165) is 24.2 Å². The number of hydrogen-bond acceptors (Lipinski definition) is 4. The highest BCUT2D eigenvalue weighted by molar-refractivity contribution is 5.86. The van der Waals surface area contributed by atoms with E-state index in [1.54, 1.807) is 35.9 Å². The van der Waals surface area contributed by atoms with E-state index in [4.69, 9.17) is 0 Å². The van der Waals surface area contributed by atoms with Crippen molar-refractivity contribution < 1.29 is 4.79 Å². The van der Waals surface area contributed by atoms with Crippen LogP contribution >= 0.6 is 0 Å². The lowest BCUT2D eigenvalue weighted by Crippen LogP contribution is -2.46. The summed E-state index contributed by atoms with van der Waals surface area (Å²) in [6, 6.07) is 4.18. The largest absolute Gasteiger partial charge is 0.354 e. The van der Waals surface area contributed by atoms with Crippen molar-refractivity contribution in [2.75, 3.05) is 20.6 Å². The molecule has 0 unspecified atom stereocenters. The van der Waals surface area contributed by atoms with Gasteiger partial charge in [-0.05, 0) is 18.9 Å². The highest BCUT2D eigenvalue weighted by Crippen LogP contribution is 2.17. The summed E-state index contributed by atoms with van der Waals surface area (Å²) >= 11 is 0. The molecule has 0 saturated heterocycles. The SMILES string of the molecule is CN(C)C(=O)CNC(=NCc1ccnc2ccnn12)NC1CCCC1. The first-order chi connectivity index (χ1) is 12.1. The topological polar surface area (TPSA) is 86.9 Å². The Kier molecular flexibility index (Phi) is 5.47. The Hall–Kier alpha value is -2.64. The van der Waals surface area contributed by atoms with Crippen molar-refractivity contribution in [1.29, 1.82) is 0 Å². The Morgan fingerprint density at radius 3 is 2.88 bits per heavy atom. The van der Waals surface area contributed by atoms with Crippen LogP contribution in [0, 0.1) is 0 Å². The molecular formula is C17H25N7O. The first-order valence-corrected chi connectivity index (χ1v) is 8.66. The summed E-state index contributed by atoms with van der Waals surface area (Å²) in [5, 5.41) is 10.9. The van der Waals surface area contributed by atoms with E-state index in [9.17, 15) is 4.79 Å². The van der Waals surface area contributed by atoms with Gasteiger partial charge in [-0.15, -0.1) is 0 Å². The second-order valence-corrected chi connectivity index (χ2v) is 6.47. The van der Waals surface area contributed by atoms with Crippen molar-refractivity contribution in [1.82, 2.24) is 30.1 Å². The van der Waals surface area contributed by atoms with Crippen molar-refractivity contribution in [2.24, 2.45) is 4.99 Å². The van der Waals surface area contributed by atoms with Crippen LogP contribution in [-0.4, -0.2) is 58.0 Å². The summed E-state index contributed by atoms with van der Waals surface area (Å²) in [7, 11) is 3.49. The van der Waals surface area contributed by atoms with Crippen LogP contribution in [0.5, 0.6) is 0 Å². The van der Waals surface area contributed by atoms with Gasteiger partial charge in [-0.2, -0.15) is 5.10 Å². The molecule has 8 nitrogen and oxygen atoms in total. The number of rotatable bonds is 5. The van der Waals surface area contributed by atoms with Crippen molar-refractivity contribution >= 4 is 17.5 Å². The standard InChI is InChI=1S/C17H25N7O/c1-23(2)16(25)12-20-17(22-13-5-3-4-6-13)19-11-14-7-9-18-15-8-10-21-24(14)15/h7-10,13H,3-6,11-12H2,1-2H3,(H2,19,20,22). The Morgan fingerprint density at radius 1 is 1.32 bits per heavy atom. The molecule has 2 aromatic rings. The van der Waals surface area contributed by atoms with Gasteiger partial charge in [0.25, 0.3) is 0 Å². The average molecular weight is 343 g/mol. The molecule has 134 valence electrons. The fourth-order valence-corrected chi connectivity index (χ4v) is 2.90. The molecule has 0 atom stereocenters. The van der Waals surface area contributed by atoms with Gasteiger partial charge in [-0.25, -0.2) is 14.5 Å². The maximum atomic E-state index is 11.9. The molecular weight excluding hydrogens is 318 g/mol. The van der Waals surface area contributed by atoms with Crippen LogP contribution in [0.25, 0.3) is 5.65 Å². The van der Waals surface area contributed by atoms with Gasteiger partial charge in [-0.1, -0.05) is 12.8 Å². The van der Waals surface area contributed by atoms with Crippen LogP contribution in [0.2, 0.25) is 0 Å². The molecule has 1 fully saturated rings. The fourth-order valence-electron chi connectivity index (χ4n) is 2.90. The van der Waals surface area contributed by atoms with Crippen LogP contribution in [0.4, 0.5) is 0 Å². The van der Waals surface area contributed by atoms with Crippen molar-refractivity contribution in [3.63, 3.8) is 0 Å². The molecule has 1 aliphatic rings. The maximum absolute atomic E-state index is 11.9. The first kappa shape index (κ1) is 17.2. The summed E-state index contributed by atoms with van der Waals surface area (Å²) in [5.74, 6) is 0.679. The van der Waals surface area contributed by atoms with Gasteiger partial charge in [0.1, 0.15) is 0 Å². The third-order valence-corrected chi connectivity index (χ3v) is 4.37. The number of guanidine groups is 1. The Morgan fingerprint density at radius 2 is 2.12 bits per heavy atom. The van der Waals surface area contributed by atoms with E-state index in [1.807, 2.05) is 12.1 Å². The number of aromatic nitrogens is 3. The summed E-state index contributed by atoms with van der Waals surface area (Å²) in [6.07, 6.45) is 8.23. The number of hydrogen-bond donors (Lipinski definition) is 2. The second kappa shape index (κ2) is 7.96. The Balaban J connectivity index is 1.71. The second-order valence-electron chi connectivity index (χ2n) is 6.47. The number of amides is 1. The van der Waals surface area contributed by atoms with Crippen molar-refractivity contribution in [3.05, 3.63) is 30.2 Å². The quantitative estimate of drug-likeness (QED) is 0.619. The molecule has 2 heterocycles. The molecule has 0 spiro atoms. The number of nitrogens with one attached hydrogen (secondary N) is 2. The Labute approximate surface area is 147 Å². The van der Waals surface area contributed by atoms with E-state index in [0.29, 0.717) is 18.5 Å². The minimum Gasteiger partial charge on any atom is -0.354 e. The monoisotopic (exact) mass is 343 g/mol. The molecule has 1 aliphatic carbocycles. The van der Waals surface area contributed by atoms with E-state index in [1.165, 1.54) is 12.8 Å². The van der Waals surface area contributed by atoms with Gasteiger partial charge in [0, 0.05) is 32.4 Å². The minimum absolute atomic E-state index is 0.0132. The summed E-state index contributed by atoms with van der Waals surface area (Å²) in [5.41, 5.74) is 1.75. The van der Waals surface area contributed by atoms with E-state index >= 15 is 0 Å². The van der Waals surface area contributed by atoms with Crippen LogP contribution in [-0.2, 0) is 11.3 Å². The zero-order chi connectivity index (χ0) is 17.6. The number of likely N-dealkylation sites (N-methyl/N-ethyl adjacent to an activating group) is 1. The summed E-state index contributed by atoms with van der Waals surface area (Å²) < 4.78 is 1.78. The van der Waals surface area contributed by atoms with Crippen molar-refractivity contribution in [3.8, 4) is 0 Å². The maximum Gasteiger partial charge on any atom is 0.241 e. The predicted octanol–water partition coefficient (Wildman–Crippen LogP) is 0.795. The van der Waals surface area contributed by atoms with Gasteiger partial charge >= 0.3 is 0 Å². The number of carbonyl (C=O) groups excluding carboxylic acids is 1. The van der Waals surface area contributed by atoms with Gasteiger partial charge in [0.15, 0.2) is 11.6 Å². The van der Waals surface area contributed by atoms with E-state index in [-0.39, 0.29) is 12.5 Å². The lowest BCUT2D eigenvalue weighted by atomic mass is 10.2. The molecule has 0 aromatic carbocycles. The zero-order valence-electron chi connectivity index (χ0n) is 14.8. The van der Waals surface area contributed by atoms with Gasteiger partial charge in [0.05, 0.1) is 25.0 Å². The molecule has 0 bridgehead atoms. The number of carbonyl (C=O) groups is 1. The third kappa shape index (κ3) is 4.46. The molecule has 1 amide bonds. The smallest absolute Gasteiger partial charge is 0.241 e. The van der Waals surface area contributed by atoms with Crippen LogP contribution in [0.15, 0.2) is 29.5 Å². The van der Waals surface area contributed by atoms with Gasteiger partial charge < -0.3 is 15.5 Å². The third-order valence-electron chi connectivity index (χ3n) is 4.37. The number of fused-ring (bicyclic) bond motifs is 1. The predicted molar refractivity (Wildman–Crippen MR) is 96.2 cm³/mol. The lowest BCUT2D eigenvalue weighted by molar-refractivity contribution is -0.127. The summed E-state index contributed by atoms with van der Waals surface area (Å²) in [6.45, 7) is 0.679. The van der Waals surface area contributed by atoms with Crippen LogP contribution in [0.1, 0.15) is 31.4 Å². The molecule has 0 radical (unpaired) electrons. The van der Waals surface area contributed by atoms with Gasteiger partial charge in [0.2, 0.25) is 5.91 Å². The minimum atomic E-state index is 0.0132. The molecule has 3 rings (SSSR count). The highest BCUT2D eigenvalue weighted by atomic mass is 16.2. The molecule has 0 aliphatic heterocycles. The Bertz CT molecular complexity index is 746. The van der Waals surface area contributed by atoms with E-state index in [2.05, 4.69) is 25.7 Å². The number of aliphatic imine (C=N–C) groups is 1. The normalized spacial score (nSPS) is 15.5. The first-order valence-electron chi connectivity index (χ1n) is 8.66. The van der Waals surface area contributed by atoms with E-state index < -0.39 is 0 Å². The zero-order valence-corrected chi connectivity index (χ0v) is 14.8. The van der Waals surface area contributed by atoms with Crippen molar-refractivity contribution in [2.45, 2.75) is 38.3 Å². The number of nitrogens with zero attached hydrogens (tertiary/aromatic N) is 5. The molecule has 25 heavy (non-hydrogen) atoms. The van der Waals surface area contributed by atoms with Gasteiger partial charge in [-0.3, -0.25) is 4.79 Å². The summed E-state index contributed by atoms with van der Waals surface area (Å²) in [4.78, 5) is 22.3. The molecule has 8 heteroatoms. The average Bonchev–Trinajstić information content (AvgIpc) is 3.28. The van der Waals surface area contributed by atoms with Crippen LogP contribution in [0.3, 0.4) is 0 Å². The molecule has 2 aromatic heterocycles. The fraction of sp³-hybridized carbons (Fsp3) is 0.529. The van der Waals surface area contributed by atoms with Crippen LogP contribution < -0.4 is 10.6 Å². The highest BCUT2D eigenvalue weighted by Gasteiger charge is 2.17. The molecule has 1 saturated carbocycles. The molecule has 2 N–H and O–H groups in total. The lowest BCUT2D eigenvalue weighted by Gasteiger charge is -2.18.